The highest BCUT2D eigenvalue weighted by Crippen LogP contribution is 2.33. The average Bonchev–Trinajstić information content (AvgIpc) is 1.17. The summed E-state index contributed by atoms with van der Waals surface area (Å²) in [4.78, 5) is 68.4. The monoisotopic (exact) mass is 1490 g/mol. The summed E-state index contributed by atoms with van der Waals surface area (Å²) in [5.74, 6) is 3.81. The SMILES string of the molecule is Cc1n[nH]c(C)c1C(C)(C)C.Cc1nc(C)c(C(C)(C)C)c(C)n1.Cc1nc(CN2CCCCC2)nc(C)c1C(C)(C)C.Cc1nc(CN2CCN(C)C(=O)C2)nc(C)c1C(C)(C)C.Cc1nc(CN2CCN(C)CC2)nc(C)c1C(C)(C)C.Cc1ncnc(C)c1C(C)(C)C.Cc1nn(C)c(C)c1C(C)(C)C. The lowest BCUT2D eigenvalue weighted by Crippen LogP contribution is -2.48. The number of nitrogens with zero attached hydrogens (tertiary/aromatic N) is 18. The zero-order chi connectivity index (χ0) is 82.5. The number of H-pyrrole nitrogens is 1. The molecule has 20 heteroatoms. The summed E-state index contributed by atoms with van der Waals surface area (Å²) in [5, 5.41) is 11.5. The number of aryl methyl sites for hydroxylation is 15. The Labute approximate surface area is 656 Å². The fraction of sp³-hybridized carbons (Fsp3) is 0.693. The van der Waals surface area contributed by atoms with Crippen molar-refractivity contribution in [1.29, 1.82) is 0 Å². The third-order valence-corrected chi connectivity index (χ3v) is 20.1. The number of hydrogen-bond acceptors (Lipinski definition) is 17. The quantitative estimate of drug-likeness (QED) is 0.164. The Kier molecular flexibility index (Phi) is 33.2. The number of carbonyl (C=O) groups excluding carboxylic acids is 1. The average molecular weight is 1490 g/mol. The summed E-state index contributed by atoms with van der Waals surface area (Å²) in [7, 11) is 6.03. The van der Waals surface area contributed by atoms with Gasteiger partial charge in [-0.2, -0.15) is 10.2 Å². The van der Waals surface area contributed by atoms with Gasteiger partial charge in [-0.15, -0.1) is 0 Å². The highest BCUT2D eigenvalue weighted by Gasteiger charge is 2.29. The number of likely N-dealkylation sites (tertiary alicyclic amines) is 1. The summed E-state index contributed by atoms with van der Waals surface area (Å²) in [6.07, 6.45) is 5.63. The maximum atomic E-state index is 11.8. The van der Waals surface area contributed by atoms with Crippen LogP contribution >= 0.6 is 0 Å². The lowest BCUT2D eigenvalue weighted by atomic mass is 9.85. The smallest absolute Gasteiger partial charge is 0.236 e. The van der Waals surface area contributed by atoms with E-state index in [2.05, 4.69) is 280 Å². The van der Waals surface area contributed by atoms with E-state index in [1.807, 2.05) is 60.3 Å². The van der Waals surface area contributed by atoms with Crippen molar-refractivity contribution >= 4 is 5.91 Å². The van der Waals surface area contributed by atoms with Crippen LogP contribution in [0.4, 0.5) is 0 Å². The number of piperazine rings is 2. The summed E-state index contributed by atoms with van der Waals surface area (Å²) in [5.41, 5.74) is 25.9. The van der Waals surface area contributed by atoms with Crippen LogP contribution in [0.15, 0.2) is 6.33 Å². The molecule has 0 saturated carbocycles. The first-order valence-corrected chi connectivity index (χ1v) is 39.6. The van der Waals surface area contributed by atoms with Crippen molar-refractivity contribution in [1.82, 2.24) is 94.3 Å². The van der Waals surface area contributed by atoms with Crippen molar-refractivity contribution in [2.45, 2.75) is 326 Å². The number of nitrogens with one attached hydrogen (secondary N) is 1. The molecule has 7 aromatic rings. The van der Waals surface area contributed by atoms with Gasteiger partial charge in [0.1, 0.15) is 29.6 Å². The van der Waals surface area contributed by atoms with Gasteiger partial charge in [-0.05, 0) is 186 Å². The fourth-order valence-corrected chi connectivity index (χ4v) is 16.7. The van der Waals surface area contributed by atoms with Crippen LogP contribution < -0.4 is 0 Å². The van der Waals surface area contributed by atoms with Gasteiger partial charge in [0, 0.05) is 150 Å². The minimum Gasteiger partial charge on any atom is -0.343 e. The van der Waals surface area contributed by atoms with Crippen molar-refractivity contribution in [3.63, 3.8) is 0 Å². The van der Waals surface area contributed by atoms with Crippen LogP contribution in [-0.2, 0) is 69.4 Å². The zero-order valence-electron chi connectivity index (χ0n) is 75.6. The predicted octanol–water partition coefficient (Wildman–Crippen LogP) is 16.9. The lowest BCUT2D eigenvalue weighted by molar-refractivity contribution is -0.134. The van der Waals surface area contributed by atoms with Gasteiger partial charge in [0.25, 0.3) is 0 Å². The molecule has 0 aliphatic carbocycles. The Bertz CT molecular complexity index is 3920. The van der Waals surface area contributed by atoms with E-state index in [0.717, 1.165) is 144 Å². The number of likely N-dealkylation sites (N-methyl/N-ethyl adjacent to an activating group) is 2. The minimum absolute atomic E-state index is 0.0521. The molecule has 0 spiro atoms. The Hall–Kier alpha value is -6.87. The molecule has 7 aromatic heterocycles. The van der Waals surface area contributed by atoms with Crippen LogP contribution in [0.3, 0.4) is 0 Å². The van der Waals surface area contributed by atoms with Gasteiger partial charge >= 0.3 is 0 Å². The van der Waals surface area contributed by atoms with E-state index in [4.69, 9.17) is 19.9 Å². The molecule has 10 rings (SSSR count). The third kappa shape index (κ3) is 27.9. The van der Waals surface area contributed by atoms with Crippen LogP contribution in [0.5, 0.6) is 0 Å². The van der Waals surface area contributed by atoms with E-state index < -0.39 is 0 Å². The molecule has 10 heterocycles. The normalized spacial score (nSPS) is 15.2. The lowest BCUT2D eigenvalue weighted by Gasteiger charge is -2.32. The number of rotatable bonds is 6. The summed E-state index contributed by atoms with van der Waals surface area (Å²) < 4.78 is 1.95. The van der Waals surface area contributed by atoms with E-state index in [-0.39, 0.29) is 43.8 Å². The molecule has 602 valence electrons. The molecule has 3 saturated heterocycles. The second kappa shape index (κ2) is 38.4. The van der Waals surface area contributed by atoms with Gasteiger partial charge in [0.05, 0.1) is 37.6 Å². The van der Waals surface area contributed by atoms with Crippen molar-refractivity contribution < 1.29 is 4.79 Å². The maximum absolute atomic E-state index is 11.8. The van der Waals surface area contributed by atoms with E-state index in [1.54, 1.807) is 11.2 Å². The summed E-state index contributed by atoms with van der Waals surface area (Å²) in [6.45, 7) is 88.8. The van der Waals surface area contributed by atoms with Gasteiger partial charge in [-0.3, -0.25) is 29.3 Å². The number of aromatic nitrogens is 14. The number of aromatic amines is 1. The van der Waals surface area contributed by atoms with Crippen LogP contribution in [-0.4, -0.2) is 173 Å². The molecule has 0 radical (unpaired) electrons. The van der Waals surface area contributed by atoms with Gasteiger partial charge < -0.3 is 9.80 Å². The topological polar surface area (TPSA) is 209 Å². The highest BCUT2D eigenvalue weighted by molar-refractivity contribution is 5.78. The van der Waals surface area contributed by atoms with Crippen LogP contribution in [0, 0.1) is 104 Å². The molecule has 3 aliphatic rings. The molecule has 3 fully saturated rings. The summed E-state index contributed by atoms with van der Waals surface area (Å²) in [6, 6.07) is 0. The van der Waals surface area contributed by atoms with Gasteiger partial charge in [-0.25, -0.2) is 49.8 Å². The Balaban J connectivity index is 0.000000270. The molecule has 0 atom stereocenters. The van der Waals surface area contributed by atoms with E-state index in [1.165, 1.54) is 82.7 Å². The first-order valence-electron chi connectivity index (χ1n) is 39.6. The molecule has 0 bridgehead atoms. The third-order valence-electron chi connectivity index (χ3n) is 20.1. The molecular weight excluding hydrogens is 1340 g/mol. The maximum Gasteiger partial charge on any atom is 0.236 e. The summed E-state index contributed by atoms with van der Waals surface area (Å²) >= 11 is 0. The number of piperidine rings is 1. The number of carbonyl (C=O) groups is 1. The van der Waals surface area contributed by atoms with Crippen molar-refractivity contribution in [3.05, 3.63) is 148 Å². The zero-order valence-corrected chi connectivity index (χ0v) is 75.6. The van der Waals surface area contributed by atoms with Crippen LogP contribution in [0.25, 0.3) is 0 Å². The molecule has 0 aromatic carbocycles. The van der Waals surface area contributed by atoms with E-state index in [9.17, 15) is 4.79 Å². The highest BCUT2D eigenvalue weighted by atomic mass is 16.2. The molecule has 3 aliphatic heterocycles. The van der Waals surface area contributed by atoms with Crippen molar-refractivity contribution in [3.8, 4) is 0 Å². The van der Waals surface area contributed by atoms with E-state index in [0.29, 0.717) is 13.1 Å². The van der Waals surface area contributed by atoms with Crippen LogP contribution in [0.1, 0.15) is 307 Å². The predicted molar refractivity (Wildman–Crippen MR) is 449 cm³/mol. The first kappa shape index (κ1) is 93.5. The second-order valence-electron chi connectivity index (χ2n) is 38.0. The molecule has 108 heavy (non-hydrogen) atoms. The fourth-order valence-electron chi connectivity index (χ4n) is 16.7. The van der Waals surface area contributed by atoms with Crippen molar-refractivity contribution in [2.24, 2.45) is 7.05 Å². The Morgan fingerprint density at radius 3 is 0.907 bits per heavy atom. The largest absolute Gasteiger partial charge is 0.343 e. The molecule has 20 nitrogen and oxygen atoms in total. The van der Waals surface area contributed by atoms with Gasteiger partial charge in [-0.1, -0.05) is 152 Å². The molecule has 1 N–H and O–H groups in total. The standard InChI is InChI=1S/C16H26N4O.C16H28N4.C16H27N3.C11H18N2.C10H18N2.C10H16N2.C9H16N2/c1-11-15(16(3,4)5)12(2)18-13(17-11)9-20-8-7-19(6)14(21)10-20;1-12-15(16(3,4)5)13(2)18-14(17-12)11-20-9-7-19(6)8-10-20;1-12-15(16(3,4)5)13(2)18-14(17-12)11-19-9-7-6-8-10-19;1-7-10(11(4,5)6)8(2)13-9(3)12-7;1-7-9(10(3,4)5)8(2)12(6)11-7;1-7-9(10(3,4)5)8(2)12-6-11-7;1-6-8(9(3,4)5)7(2)11-10-6/h7-10H2,1-6H3;7-11H2,1-6H3;6-11H2,1-5H3;1-6H3;1-6H3;6H,1-5H3;1-5H3,(H,10,11). The molecule has 1 amide bonds. The van der Waals surface area contributed by atoms with Crippen molar-refractivity contribution in [2.75, 3.05) is 73.0 Å². The first-order chi connectivity index (χ1) is 49.3. The number of hydrogen-bond donors (Lipinski definition) is 1. The minimum atomic E-state index is 0.0521. The van der Waals surface area contributed by atoms with Gasteiger partial charge in [0.15, 0.2) is 0 Å². The molecule has 0 unspecified atom stereocenters. The second-order valence-corrected chi connectivity index (χ2v) is 38.0. The van der Waals surface area contributed by atoms with E-state index >= 15 is 0 Å². The molecular formula is C88H149N19O. The van der Waals surface area contributed by atoms with Crippen LogP contribution in [0.2, 0.25) is 0 Å². The number of amides is 1. The van der Waals surface area contributed by atoms with Gasteiger partial charge in [0.2, 0.25) is 5.91 Å². The Morgan fingerprint density at radius 1 is 0.333 bits per heavy atom. The Morgan fingerprint density at radius 2 is 0.639 bits per heavy atom.